The molecule has 132 valence electrons. The Labute approximate surface area is 144 Å². The maximum Gasteiger partial charge on any atom is 0.253 e. The van der Waals surface area contributed by atoms with Gasteiger partial charge in [-0.2, -0.15) is 0 Å². The van der Waals surface area contributed by atoms with Crippen molar-refractivity contribution in [3.8, 4) is 0 Å². The second kappa shape index (κ2) is 6.84. The van der Waals surface area contributed by atoms with E-state index < -0.39 is 10.0 Å². The van der Waals surface area contributed by atoms with Gasteiger partial charge in [-0.1, -0.05) is 6.07 Å². The van der Waals surface area contributed by atoms with Gasteiger partial charge >= 0.3 is 0 Å². The molecule has 0 aromatic heterocycles. The molecule has 5 nitrogen and oxygen atoms in total. The molecule has 6 heteroatoms. The van der Waals surface area contributed by atoms with Gasteiger partial charge in [0, 0.05) is 31.7 Å². The molecule has 0 atom stereocenters. The fourth-order valence-corrected chi connectivity index (χ4v) is 4.50. The Balaban J connectivity index is 1.65. The smallest absolute Gasteiger partial charge is 0.253 e. The summed E-state index contributed by atoms with van der Waals surface area (Å²) in [6, 6.07) is 6.10. The van der Waals surface area contributed by atoms with Gasteiger partial charge in [-0.3, -0.25) is 4.79 Å². The molecule has 0 saturated carbocycles. The van der Waals surface area contributed by atoms with Crippen LogP contribution in [0.3, 0.4) is 0 Å². The molecule has 1 aromatic rings. The number of nitrogens with zero attached hydrogens (tertiary/aromatic N) is 2. The molecule has 3 rings (SSSR count). The summed E-state index contributed by atoms with van der Waals surface area (Å²) in [5, 5.41) is 0. The number of rotatable bonds is 3. The lowest BCUT2D eigenvalue weighted by Crippen LogP contribution is -2.47. The molecule has 1 aliphatic carbocycles. The van der Waals surface area contributed by atoms with Crippen LogP contribution < -0.4 is 0 Å². The van der Waals surface area contributed by atoms with Gasteiger partial charge in [-0.25, -0.2) is 12.7 Å². The van der Waals surface area contributed by atoms with Crippen LogP contribution in [0.25, 0.3) is 0 Å². The fourth-order valence-electron chi connectivity index (χ4n) is 3.75. The molecule has 0 bridgehead atoms. The summed E-state index contributed by atoms with van der Waals surface area (Å²) in [6.07, 6.45) is 7.25. The van der Waals surface area contributed by atoms with E-state index in [1.165, 1.54) is 34.5 Å². The first-order valence-corrected chi connectivity index (χ1v) is 10.5. The van der Waals surface area contributed by atoms with Crippen molar-refractivity contribution in [2.45, 2.75) is 44.6 Å². The van der Waals surface area contributed by atoms with Crippen molar-refractivity contribution in [3.05, 3.63) is 34.9 Å². The van der Waals surface area contributed by atoms with Crippen LogP contribution in [-0.2, 0) is 22.9 Å². The second-order valence-electron chi connectivity index (χ2n) is 6.99. The molecular weight excluding hydrogens is 324 g/mol. The number of carbonyl (C=O) groups is 1. The highest BCUT2D eigenvalue weighted by Gasteiger charge is 2.29. The zero-order valence-corrected chi connectivity index (χ0v) is 15.3. The maximum absolute atomic E-state index is 12.8. The number of piperidine rings is 1. The van der Waals surface area contributed by atoms with E-state index in [0.717, 1.165) is 18.4 Å². The van der Waals surface area contributed by atoms with Crippen LogP contribution in [0.2, 0.25) is 0 Å². The van der Waals surface area contributed by atoms with E-state index in [-0.39, 0.29) is 11.9 Å². The third-order valence-electron chi connectivity index (χ3n) is 5.38. The van der Waals surface area contributed by atoms with Gasteiger partial charge in [0.05, 0.1) is 6.26 Å². The predicted octanol–water partition coefficient (Wildman–Crippen LogP) is 2.06. The van der Waals surface area contributed by atoms with Crippen LogP contribution in [0.4, 0.5) is 0 Å². The van der Waals surface area contributed by atoms with Gasteiger partial charge in [0.25, 0.3) is 5.91 Å². The predicted molar refractivity (Wildman–Crippen MR) is 94.6 cm³/mol. The van der Waals surface area contributed by atoms with E-state index >= 15 is 0 Å². The lowest BCUT2D eigenvalue weighted by molar-refractivity contribution is 0.0686. The van der Waals surface area contributed by atoms with Gasteiger partial charge in [-0.05, 0) is 61.8 Å². The molecule has 2 aliphatic rings. The van der Waals surface area contributed by atoms with Gasteiger partial charge in [0.15, 0.2) is 0 Å². The number of fused-ring (bicyclic) bond motifs is 1. The number of hydrogen-bond donors (Lipinski definition) is 0. The Morgan fingerprint density at radius 3 is 2.38 bits per heavy atom. The highest BCUT2D eigenvalue weighted by molar-refractivity contribution is 7.88. The van der Waals surface area contributed by atoms with E-state index in [4.69, 9.17) is 0 Å². The Kier molecular flexibility index (Phi) is 4.97. The summed E-state index contributed by atoms with van der Waals surface area (Å²) < 4.78 is 24.7. The monoisotopic (exact) mass is 350 g/mol. The zero-order valence-electron chi connectivity index (χ0n) is 14.5. The van der Waals surface area contributed by atoms with E-state index in [1.807, 2.05) is 11.0 Å². The van der Waals surface area contributed by atoms with Crippen molar-refractivity contribution in [1.29, 1.82) is 0 Å². The normalized spacial score (nSPS) is 19.4. The van der Waals surface area contributed by atoms with Crippen molar-refractivity contribution in [3.63, 3.8) is 0 Å². The highest BCUT2D eigenvalue weighted by atomic mass is 32.2. The average Bonchev–Trinajstić information content (AvgIpc) is 2.59. The molecule has 0 unspecified atom stereocenters. The molecule has 0 N–H and O–H groups in total. The lowest BCUT2D eigenvalue weighted by atomic mass is 9.90. The number of amides is 1. The molecule has 1 aromatic carbocycles. The number of hydrogen-bond acceptors (Lipinski definition) is 3. The molecule has 1 amide bonds. The van der Waals surface area contributed by atoms with E-state index in [2.05, 4.69) is 12.1 Å². The zero-order chi connectivity index (χ0) is 17.3. The average molecular weight is 350 g/mol. The van der Waals surface area contributed by atoms with Crippen molar-refractivity contribution in [1.82, 2.24) is 9.21 Å². The van der Waals surface area contributed by atoms with Crippen molar-refractivity contribution < 1.29 is 13.2 Å². The SMILES string of the molecule is CN(C1CCN(C(=O)c2ccc3c(c2)CCCC3)CC1)S(C)(=O)=O. The molecule has 24 heavy (non-hydrogen) atoms. The number of likely N-dealkylation sites (tertiary alicyclic amines) is 1. The standard InChI is InChI=1S/C18H26N2O3S/c1-19(24(2,22)23)17-9-11-20(12-10-17)18(21)16-8-7-14-5-3-4-6-15(14)13-16/h7-8,13,17H,3-6,9-12H2,1-2H3. The minimum absolute atomic E-state index is 0.00687. The van der Waals surface area contributed by atoms with Gasteiger partial charge in [0.2, 0.25) is 10.0 Å². The Morgan fingerprint density at radius 2 is 1.75 bits per heavy atom. The molecule has 1 aliphatic heterocycles. The van der Waals surface area contributed by atoms with E-state index in [1.54, 1.807) is 7.05 Å². The molecule has 0 spiro atoms. The van der Waals surface area contributed by atoms with Crippen LogP contribution in [0.15, 0.2) is 18.2 Å². The third kappa shape index (κ3) is 3.64. The van der Waals surface area contributed by atoms with Gasteiger partial charge in [0.1, 0.15) is 0 Å². The minimum atomic E-state index is -3.17. The number of sulfonamides is 1. The molecule has 1 fully saturated rings. The third-order valence-corrected chi connectivity index (χ3v) is 6.73. The largest absolute Gasteiger partial charge is 0.339 e. The first-order valence-electron chi connectivity index (χ1n) is 8.70. The Morgan fingerprint density at radius 1 is 1.12 bits per heavy atom. The summed E-state index contributed by atoms with van der Waals surface area (Å²) >= 11 is 0. The summed E-state index contributed by atoms with van der Waals surface area (Å²) in [6.45, 7) is 1.22. The summed E-state index contributed by atoms with van der Waals surface area (Å²) in [5.41, 5.74) is 3.47. The Bertz CT molecular complexity index is 722. The van der Waals surface area contributed by atoms with Gasteiger partial charge < -0.3 is 4.90 Å². The summed E-state index contributed by atoms with van der Waals surface area (Å²) in [4.78, 5) is 14.6. The summed E-state index contributed by atoms with van der Waals surface area (Å²) in [5.74, 6) is 0.0730. The first kappa shape index (κ1) is 17.4. The molecule has 1 saturated heterocycles. The number of carbonyl (C=O) groups excluding carboxylic acids is 1. The fraction of sp³-hybridized carbons (Fsp3) is 0.611. The molecular formula is C18H26N2O3S. The first-order chi connectivity index (χ1) is 11.4. The maximum atomic E-state index is 12.8. The lowest BCUT2D eigenvalue weighted by Gasteiger charge is -2.35. The second-order valence-corrected chi connectivity index (χ2v) is 9.04. The molecule has 0 radical (unpaired) electrons. The molecule has 1 heterocycles. The minimum Gasteiger partial charge on any atom is -0.339 e. The summed E-state index contributed by atoms with van der Waals surface area (Å²) in [7, 11) is -1.55. The quantitative estimate of drug-likeness (QED) is 0.838. The topological polar surface area (TPSA) is 57.7 Å². The van der Waals surface area contributed by atoms with Crippen LogP contribution in [0.5, 0.6) is 0 Å². The van der Waals surface area contributed by atoms with Crippen molar-refractivity contribution in [2.75, 3.05) is 26.4 Å². The number of aryl methyl sites for hydroxylation is 2. The highest BCUT2D eigenvalue weighted by Crippen LogP contribution is 2.24. The van der Waals surface area contributed by atoms with Crippen molar-refractivity contribution in [2.24, 2.45) is 0 Å². The van der Waals surface area contributed by atoms with Crippen LogP contribution in [0.1, 0.15) is 47.2 Å². The van der Waals surface area contributed by atoms with Crippen molar-refractivity contribution >= 4 is 15.9 Å². The Hall–Kier alpha value is -1.40. The van der Waals surface area contributed by atoms with Crippen LogP contribution in [-0.4, -0.2) is 56.0 Å². The van der Waals surface area contributed by atoms with Crippen LogP contribution >= 0.6 is 0 Å². The number of benzene rings is 1. The van der Waals surface area contributed by atoms with E-state index in [9.17, 15) is 13.2 Å². The van der Waals surface area contributed by atoms with E-state index in [0.29, 0.717) is 25.9 Å². The van der Waals surface area contributed by atoms with Gasteiger partial charge in [-0.15, -0.1) is 0 Å². The van der Waals surface area contributed by atoms with Crippen LogP contribution in [0, 0.1) is 0 Å².